The molecule has 94 valence electrons. The van der Waals surface area contributed by atoms with Crippen molar-refractivity contribution < 1.29 is 9.53 Å². The first kappa shape index (κ1) is 13.6. The van der Waals surface area contributed by atoms with Gasteiger partial charge in [-0.3, -0.25) is 4.79 Å². The van der Waals surface area contributed by atoms with Crippen LogP contribution in [0.1, 0.15) is 32.3 Å². The molecule has 0 atom stereocenters. The van der Waals surface area contributed by atoms with E-state index in [0.717, 1.165) is 19.4 Å². The number of carbonyl (C=O) groups is 1. The van der Waals surface area contributed by atoms with E-state index in [1.165, 1.54) is 11.3 Å². The summed E-state index contributed by atoms with van der Waals surface area (Å²) in [6.45, 7) is 5.29. The maximum absolute atomic E-state index is 11.2. The van der Waals surface area contributed by atoms with E-state index in [1.54, 1.807) is 0 Å². The number of hydrogen-bond donors (Lipinski definition) is 1. The number of para-hydroxylation sites is 1. The number of rotatable bonds is 7. The Hall–Kier alpha value is -1.51. The number of nitrogens with one attached hydrogen (secondary N) is 1. The van der Waals surface area contributed by atoms with E-state index < -0.39 is 0 Å². The van der Waals surface area contributed by atoms with Gasteiger partial charge in [0.2, 0.25) is 0 Å². The molecule has 0 saturated heterocycles. The van der Waals surface area contributed by atoms with Crippen LogP contribution in [0.15, 0.2) is 24.3 Å². The molecule has 0 amide bonds. The molecule has 1 aromatic carbocycles. The van der Waals surface area contributed by atoms with Gasteiger partial charge in [0, 0.05) is 18.7 Å². The van der Waals surface area contributed by atoms with Gasteiger partial charge in [-0.05, 0) is 38.3 Å². The van der Waals surface area contributed by atoms with Crippen LogP contribution in [0.2, 0.25) is 0 Å². The van der Waals surface area contributed by atoms with Gasteiger partial charge >= 0.3 is 5.97 Å². The van der Waals surface area contributed by atoms with Crippen LogP contribution >= 0.6 is 0 Å². The zero-order valence-electron chi connectivity index (χ0n) is 10.7. The second kappa shape index (κ2) is 7.71. The van der Waals surface area contributed by atoms with Crippen molar-refractivity contribution in [2.45, 2.75) is 33.1 Å². The van der Waals surface area contributed by atoms with Crippen LogP contribution < -0.4 is 5.32 Å². The van der Waals surface area contributed by atoms with Crippen molar-refractivity contribution in [3.63, 3.8) is 0 Å². The zero-order chi connectivity index (χ0) is 12.5. The van der Waals surface area contributed by atoms with Crippen molar-refractivity contribution in [1.82, 2.24) is 0 Å². The number of hydrogen-bond acceptors (Lipinski definition) is 3. The van der Waals surface area contributed by atoms with Crippen LogP contribution in [0.5, 0.6) is 0 Å². The normalized spacial score (nSPS) is 10.0. The Balaban J connectivity index is 2.43. The first-order chi connectivity index (χ1) is 8.27. The minimum Gasteiger partial charge on any atom is -0.466 e. The van der Waals surface area contributed by atoms with Gasteiger partial charge in [-0.2, -0.15) is 0 Å². The summed E-state index contributed by atoms with van der Waals surface area (Å²) in [5, 5.41) is 3.32. The Bertz CT molecular complexity index is 350. The highest BCUT2D eigenvalue weighted by atomic mass is 16.5. The second-order valence-electron chi connectivity index (χ2n) is 3.85. The Morgan fingerprint density at radius 2 is 2.06 bits per heavy atom. The third-order valence-corrected chi connectivity index (χ3v) is 2.52. The third kappa shape index (κ3) is 4.89. The molecule has 0 saturated carbocycles. The number of ether oxygens (including phenoxy) is 1. The summed E-state index contributed by atoms with van der Waals surface area (Å²) in [4.78, 5) is 11.2. The molecular weight excluding hydrogens is 214 g/mol. The predicted molar refractivity (Wildman–Crippen MR) is 70.2 cm³/mol. The van der Waals surface area contributed by atoms with Gasteiger partial charge < -0.3 is 10.1 Å². The molecular formula is C14H21NO2. The maximum atomic E-state index is 11.2. The molecule has 0 bridgehead atoms. The highest BCUT2D eigenvalue weighted by molar-refractivity contribution is 5.69. The minimum atomic E-state index is -0.103. The number of aryl methyl sites for hydroxylation is 1. The van der Waals surface area contributed by atoms with Crippen molar-refractivity contribution in [3.05, 3.63) is 29.8 Å². The van der Waals surface area contributed by atoms with E-state index in [0.29, 0.717) is 13.0 Å². The Morgan fingerprint density at radius 1 is 1.29 bits per heavy atom. The SMILES string of the molecule is CCNc1ccccc1CCCC(=O)OCC. The number of benzene rings is 1. The quantitative estimate of drug-likeness (QED) is 0.738. The highest BCUT2D eigenvalue weighted by Crippen LogP contribution is 2.17. The molecule has 17 heavy (non-hydrogen) atoms. The summed E-state index contributed by atoms with van der Waals surface area (Å²) in [6.07, 6.45) is 2.23. The van der Waals surface area contributed by atoms with Crippen molar-refractivity contribution in [3.8, 4) is 0 Å². The molecule has 0 unspecified atom stereocenters. The van der Waals surface area contributed by atoms with Crippen LogP contribution in [0.3, 0.4) is 0 Å². The highest BCUT2D eigenvalue weighted by Gasteiger charge is 2.04. The third-order valence-electron chi connectivity index (χ3n) is 2.52. The van der Waals surface area contributed by atoms with Crippen LogP contribution in [0, 0.1) is 0 Å². The van der Waals surface area contributed by atoms with E-state index in [4.69, 9.17) is 4.74 Å². The fourth-order valence-corrected chi connectivity index (χ4v) is 1.76. The van der Waals surface area contributed by atoms with E-state index in [9.17, 15) is 4.79 Å². The van der Waals surface area contributed by atoms with Crippen LogP contribution in [-0.4, -0.2) is 19.1 Å². The minimum absolute atomic E-state index is 0.103. The number of esters is 1. The lowest BCUT2D eigenvalue weighted by Gasteiger charge is -2.10. The molecule has 0 spiro atoms. The van der Waals surface area contributed by atoms with Crippen LogP contribution in [0.4, 0.5) is 5.69 Å². The summed E-state index contributed by atoms with van der Waals surface area (Å²) >= 11 is 0. The number of carbonyl (C=O) groups excluding carboxylic acids is 1. The molecule has 0 radical (unpaired) electrons. The lowest BCUT2D eigenvalue weighted by molar-refractivity contribution is -0.143. The maximum Gasteiger partial charge on any atom is 0.305 e. The summed E-state index contributed by atoms with van der Waals surface area (Å²) in [6, 6.07) is 8.22. The average Bonchev–Trinajstić information content (AvgIpc) is 2.32. The first-order valence-corrected chi connectivity index (χ1v) is 6.25. The fraction of sp³-hybridized carbons (Fsp3) is 0.500. The van der Waals surface area contributed by atoms with Crippen molar-refractivity contribution in [2.24, 2.45) is 0 Å². The zero-order valence-corrected chi connectivity index (χ0v) is 10.7. The van der Waals surface area contributed by atoms with Gasteiger partial charge in [-0.25, -0.2) is 0 Å². The Morgan fingerprint density at radius 3 is 2.76 bits per heavy atom. The summed E-state index contributed by atoms with van der Waals surface area (Å²) in [5.41, 5.74) is 2.43. The summed E-state index contributed by atoms with van der Waals surface area (Å²) in [7, 11) is 0. The molecule has 1 rings (SSSR count). The van der Waals surface area contributed by atoms with Crippen LogP contribution in [-0.2, 0) is 16.0 Å². The Kier molecular flexibility index (Phi) is 6.15. The molecule has 1 aromatic rings. The van der Waals surface area contributed by atoms with E-state index in [1.807, 2.05) is 19.1 Å². The van der Waals surface area contributed by atoms with Gasteiger partial charge in [0.25, 0.3) is 0 Å². The van der Waals surface area contributed by atoms with Crippen molar-refractivity contribution in [2.75, 3.05) is 18.5 Å². The fourth-order valence-electron chi connectivity index (χ4n) is 1.76. The number of anilines is 1. The molecule has 0 aliphatic heterocycles. The van der Waals surface area contributed by atoms with Gasteiger partial charge in [-0.15, -0.1) is 0 Å². The largest absolute Gasteiger partial charge is 0.466 e. The molecule has 0 aromatic heterocycles. The molecule has 1 N–H and O–H groups in total. The van der Waals surface area contributed by atoms with E-state index in [2.05, 4.69) is 24.4 Å². The van der Waals surface area contributed by atoms with E-state index in [-0.39, 0.29) is 5.97 Å². The van der Waals surface area contributed by atoms with E-state index >= 15 is 0 Å². The molecule has 0 fully saturated rings. The van der Waals surface area contributed by atoms with Crippen LogP contribution in [0.25, 0.3) is 0 Å². The smallest absolute Gasteiger partial charge is 0.305 e. The summed E-state index contributed by atoms with van der Waals surface area (Å²) < 4.78 is 4.90. The lowest BCUT2D eigenvalue weighted by Crippen LogP contribution is -2.05. The molecule has 0 heterocycles. The topological polar surface area (TPSA) is 38.3 Å². The molecule has 0 aliphatic rings. The van der Waals surface area contributed by atoms with Crippen molar-refractivity contribution in [1.29, 1.82) is 0 Å². The van der Waals surface area contributed by atoms with Gasteiger partial charge in [0.1, 0.15) is 0 Å². The van der Waals surface area contributed by atoms with Gasteiger partial charge in [0.15, 0.2) is 0 Å². The van der Waals surface area contributed by atoms with Gasteiger partial charge in [0.05, 0.1) is 6.61 Å². The standard InChI is InChI=1S/C14H21NO2/c1-3-15-13-10-6-5-8-12(13)9-7-11-14(16)17-4-2/h5-6,8,10,15H,3-4,7,9,11H2,1-2H3. The molecule has 3 nitrogen and oxygen atoms in total. The summed E-state index contributed by atoms with van der Waals surface area (Å²) in [5.74, 6) is -0.103. The lowest BCUT2D eigenvalue weighted by atomic mass is 10.1. The Labute approximate surface area is 103 Å². The molecule has 0 aliphatic carbocycles. The first-order valence-electron chi connectivity index (χ1n) is 6.25. The average molecular weight is 235 g/mol. The second-order valence-corrected chi connectivity index (χ2v) is 3.85. The van der Waals surface area contributed by atoms with Gasteiger partial charge in [-0.1, -0.05) is 18.2 Å². The monoisotopic (exact) mass is 235 g/mol. The van der Waals surface area contributed by atoms with Crippen molar-refractivity contribution >= 4 is 11.7 Å². The predicted octanol–water partition coefficient (Wildman–Crippen LogP) is 3.00. The molecule has 3 heteroatoms.